The van der Waals surface area contributed by atoms with Crippen molar-refractivity contribution in [3.8, 4) is 0 Å². The molecule has 2 atom stereocenters. The number of benzene rings is 1. The molecule has 4 nitrogen and oxygen atoms in total. The molecule has 1 aromatic carbocycles. The number of hydrogen-bond acceptors (Lipinski definition) is 3. The molecule has 0 aliphatic heterocycles. The third-order valence-electron chi connectivity index (χ3n) is 3.61. The van der Waals surface area contributed by atoms with Gasteiger partial charge in [0.05, 0.1) is 12.5 Å². The van der Waals surface area contributed by atoms with E-state index in [0.29, 0.717) is 22.9 Å². The molecule has 0 aromatic heterocycles. The van der Waals surface area contributed by atoms with Gasteiger partial charge in [0.15, 0.2) is 0 Å². The Morgan fingerprint density at radius 3 is 2.55 bits per heavy atom. The highest BCUT2D eigenvalue weighted by Gasteiger charge is 2.32. The van der Waals surface area contributed by atoms with Gasteiger partial charge in [-0.3, -0.25) is 4.79 Å². The van der Waals surface area contributed by atoms with Crippen LogP contribution in [0.1, 0.15) is 37.4 Å². The van der Waals surface area contributed by atoms with Crippen LogP contribution in [0.2, 0.25) is 5.02 Å². The molecule has 2 rings (SSSR count). The first-order valence-electron chi connectivity index (χ1n) is 6.94. The van der Waals surface area contributed by atoms with Gasteiger partial charge in [0, 0.05) is 17.7 Å². The summed E-state index contributed by atoms with van der Waals surface area (Å²) in [5.74, 6) is 0.302. The molecular weight excluding hydrogens is 278 g/mol. The number of amides is 1. The summed E-state index contributed by atoms with van der Waals surface area (Å²) in [7, 11) is 0. The van der Waals surface area contributed by atoms with Crippen LogP contribution in [-0.4, -0.2) is 28.8 Å². The second kappa shape index (κ2) is 7.07. The molecule has 1 fully saturated rings. The van der Waals surface area contributed by atoms with Gasteiger partial charge in [0.25, 0.3) is 0 Å². The number of hydrogen-bond donors (Lipinski definition) is 3. The van der Waals surface area contributed by atoms with Crippen LogP contribution in [0.15, 0.2) is 24.3 Å². The first-order chi connectivity index (χ1) is 9.60. The normalized spacial score (nSPS) is 17.6. The Bertz CT molecular complexity index is 445. The molecular formula is C15H20ClNO3. The summed E-state index contributed by atoms with van der Waals surface area (Å²) < 4.78 is 0. The number of nitrogens with one attached hydrogen (secondary N) is 1. The van der Waals surface area contributed by atoms with Crippen LogP contribution in [-0.2, 0) is 4.79 Å². The van der Waals surface area contributed by atoms with Gasteiger partial charge in [-0.1, -0.05) is 23.7 Å². The molecule has 1 saturated carbocycles. The quantitative estimate of drug-likeness (QED) is 0.721. The molecule has 5 heteroatoms. The Balaban J connectivity index is 1.85. The third-order valence-corrected chi connectivity index (χ3v) is 3.86. The second-order valence-corrected chi connectivity index (χ2v) is 5.73. The van der Waals surface area contributed by atoms with Gasteiger partial charge >= 0.3 is 0 Å². The number of aliphatic hydroxyl groups is 2. The zero-order valence-corrected chi connectivity index (χ0v) is 12.0. The van der Waals surface area contributed by atoms with Crippen LogP contribution in [0.4, 0.5) is 0 Å². The van der Waals surface area contributed by atoms with E-state index in [1.165, 1.54) is 0 Å². The molecule has 1 aromatic rings. The van der Waals surface area contributed by atoms with Gasteiger partial charge in [0.1, 0.15) is 0 Å². The van der Waals surface area contributed by atoms with Crippen molar-refractivity contribution in [2.24, 2.45) is 5.92 Å². The van der Waals surface area contributed by atoms with Gasteiger partial charge in [-0.05, 0) is 42.9 Å². The zero-order valence-electron chi connectivity index (χ0n) is 11.3. The summed E-state index contributed by atoms with van der Waals surface area (Å²) in [6, 6.07) is 6.84. The first-order valence-corrected chi connectivity index (χ1v) is 7.31. The van der Waals surface area contributed by atoms with E-state index in [1.54, 1.807) is 24.3 Å². The zero-order chi connectivity index (χ0) is 14.5. The molecule has 3 N–H and O–H groups in total. The summed E-state index contributed by atoms with van der Waals surface area (Å²) >= 11 is 5.78. The van der Waals surface area contributed by atoms with Crippen molar-refractivity contribution in [3.63, 3.8) is 0 Å². The molecule has 1 aliphatic carbocycles. The highest BCUT2D eigenvalue weighted by atomic mass is 35.5. The first kappa shape index (κ1) is 15.3. The molecule has 110 valence electrons. The lowest BCUT2D eigenvalue weighted by Crippen LogP contribution is -2.37. The molecule has 0 heterocycles. The van der Waals surface area contributed by atoms with Crippen molar-refractivity contribution in [3.05, 3.63) is 34.9 Å². The predicted octanol–water partition coefficient (Wildman–Crippen LogP) is 2.04. The SMILES string of the molecule is O=C(CC(O)c1ccc(Cl)cc1)NC(CCO)C1CC1. The van der Waals surface area contributed by atoms with Gasteiger partial charge < -0.3 is 15.5 Å². The van der Waals surface area contributed by atoms with Crippen molar-refractivity contribution >= 4 is 17.5 Å². The Kier molecular flexibility index (Phi) is 5.40. The van der Waals surface area contributed by atoms with Crippen LogP contribution >= 0.6 is 11.6 Å². The molecule has 2 unspecified atom stereocenters. The third kappa shape index (κ3) is 4.47. The molecule has 0 spiro atoms. The van der Waals surface area contributed by atoms with Gasteiger partial charge in [-0.15, -0.1) is 0 Å². The Morgan fingerprint density at radius 1 is 1.35 bits per heavy atom. The average Bonchev–Trinajstić information content (AvgIpc) is 3.23. The number of carbonyl (C=O) groups is 1. The average molecular weight is 298 g/mol. The van der Waals surface area contributed by atoms with E-state index in [4.69, 9.17) is 16.7 Å². The molecule has 0 radical (unpaired) electrons. The van der Waals surface area contributed by atoms with Crippen molar-refractivity contribution in [2.45, 2.75) is 37.8 Å². The summed E-state index contributed by atoms with van der Waals surface area (Å²) in [4.78, 5) is 11.9. The van der Waals surface area contributed by atoms with E-state index in [-0.39, 0.29) is 25.0 Å². The lowest BCUT2D eigenvalue weighted by Gasteiger charge is -2.18. The maximum atomic E-state index is 11.9. The number of halogens is 1. The van der Waals surface area contributed by atoms with E-state index in [9.17, 15) is 9.90 Å². The predicted molar refractivity (Wildman–Crippen MR) is 77.4 cm³/mol. The smallest absolute Gasteiger partial charge is 0.223 e. The standard InChI is InChI=1S/C15H20ClNO3/c16-12-5-3-11(4-6-12)14(19)9-15(20)17-13(7-8-18)10-1-2-10/h3-6,10,13-14,18-19H,1-2,7-9H2,(H,17,20). The minimum Gasteiger partial charge on any atom is -0.396 e. The van der Waals surface area contributed by atoms with E-state index in [1.807, 2.05) is 0 Å². The summed E-state index contributed by atoms with van der Waals surface area (Å²) in [6.45, 7) is 0.0706. The summed E-state index contributed by atoms with van der Waals surface area (Å²) in [5.41, 5.74) is 0.676. The lowest BCUT2D eigenvalue weighted by molar-refractivity contribution is -0.124. The monoisotopic (exact) mass is 297 g/mol. The van der Waals surface area contributed by atoms with Crippen LogP contribution in [0.25, 0.3) is 0 Å². The Hall–Kier alpha value is -1.10. The fraction of sp³-hybridized carbons (Fsp3) is 0.533. The highest BCUT2D eigenvalue weighted by molar-refractivity contribution is 6.30. The van der Waals surface area contributed by atoms with Gasteiger partial charge in [-0.2, -0.15) is 0 Å². The van der Waals surface area contributed by atoms with Gasteiger partial charge in [0.2, 0.25) is 5.91 Å². The topological polar surface area (TPSA) is 69.6 Å². The maximum absolute atomic E-state index is 11.9. The summed E-state index contributed by atoms with van der Waals surface area (Å²) in [6.07, 6.45) is 1.97. The Labute approximate surface area is 123 Å². The maximum Gasteiger partial charge on any atom is 0.223 e. The van der Waals surface area contributed by atoms with E-state index in [2.05, 4.69) is 5.32 Å². The fourth-order valence-corrected chi connectivity index (χ4v) is 2.43. The van der Waals surface area contributed by atoms with E-state index < -0.39 is 6.10 Å². The van der Waals surface area contributed by atoms with Crippen molar-refractivity contribution in [2.75, 3.05) is 6.61 Å². The van der Waals surface area contributed by atoms with Crippen molar-refractivity contribution in [1.82, 2.24) is 5.32 Å². The summed E-state index contributed by atoms with van der Waals surface area (Å²) in [5, 5.41) is 22.5. The van der Waals surface area contributed by atoms with Crippen LogP contribution in [0.3, 0.4) is 0 Å². The van der Waals surface area contributed by atoms with E-state index in [0.717, 1.165) is 12.8 Å². The van der Waals surface area contributed by atoms with Crippen LogP contribution in [0.5, 0.6) is 0 Å². The minimum atomic E-state index is -0.832. The molecule has 0 saturated heterocycles. The molecule has 0 bridgehead atoms. The van der Waals surface area contributed by atoms with Crippen LogP contribution < -0.4 is 5.32 Å². The number of carbonyl (C=O) groups excluding carboxylic acids is 1. The molecule has 1 amide bonds. The van der Waals surface area contributed by atoms with Crippen molar-refractivity contribution in [1.29, 1.82) is 0 Å². The lowest BCUT2D eigenvalue weighted by atomic mass is 10.1. The molecule has 1 aliphatic rings. The fourth-order valence-electron chi connectivity index (χ4n) is 2.31. The van der Waals surface area contributed by atoms with Gasteiger partial charge in [-0.25, -0.2) is 0 Å². The van der Waals surface area contributed by atoms with Crippen molar-refractivity contribution < 1.29 is 15.0 Å². The van der Waals surface area contributed by atoms with Crippen LogP contribution in [0, 0.1) is 5.92 Å². The minimum absolute atomic E-state index is 0.0241. The largest absolute Gasteiger partial charge is 0.396 e. The number of rotatable bonds is 7. The Morgan fingerprint density at radius 2 is 2.00 bits per heavy atom. The molecule has 20 heavy (non-hydrogen) atoms. The van der Waals surface area contributed by atoms with E-state index >= 15 is 0 Å². The second-order valence-electron chi connectivity index (χ2n) is 5.30. The highest BCUT2D eigenvalue weighted by Crippen LogP contribution is 2.34. The number of aliphatic hydroxyl groups excluding tert-OH is 2.